The number of hydrogen-bond donors (Lipinski definition) is 0. The molecule has 0 bridgehead atoms. The van der Waals surface area contributed by atoms with Crippen LogP contribution < -0.4 is 4.90 Å². The van der Waals surface area contributed by atoms with E-state index < -0.39 is 0 Å². The number of benzene rings is 8. The van der Waals surface area contributed by atoms with Crippen LogP contribution in [0.4, 0.5) is 17.1 Å². The van der Waals surface area contributed by atoms with E-state index >= 15 is 0 Å². The predicted molar refractivity (Wildman–Crippen MR) is 250 cm³/mol. The SMILES string of the molecule is C=CC.c1ccc(N(c2ccccc2)c2cccc3c4c5cc(-c6ccc7c(ccn7-c7ccccc7)c6)ccc5n(-c5ccccc5)c4n(-c4ccccc4)c23)cc1. The van der Waals surface area contributed by atoms with E-state index in [0.29, 0.717) is 0 Å². The molecule has 0 saturated carbocycles. The topological polar surface area (TPSA) is 18.0 Å². The molecule has 0 amide bonds. The molecule has 0 spiro atoms. The Morgan fingerprint density at radius 3 is 1.56 bits per heavy atom. The van der Waals surface area contributed by atoms with Gasteiger partial charge in [0.05, 0.1) is 22.2 Å². The largest absolute Gasteiger partial charge is 0.317 e. The highest BCUT2D eigenvalue weighted by molar-refractivity contribution is 6.25. The molecule has 0 aliphatic carbocycles. The maximum absolute atomic E-state index is 3.36. The van der Waals surface area contributed by atoms with E-state index in [-0.39, 0.29) is 0 Å². The lowest BCUT2D eigenvalue weighted by atomic mass is 10.0. The fourth-order valence-corrected chi connectivity index (χ4v) is 8.57. The summed E-state index contributed by atoms with van der Waals surface area (Å²) in [7, 11) is 0. The van der Waals surface area contributed by atoms with Crippen LogP contribution in [0.15, 0.2) is 231 Å². The fraction of sp³-hybridized carbons (Fsp3) is 0.0182. The number of para-hydroxylation sites is 6. The van der Waals surface area contributed by atoms with Crippen molar-refractivity contribution in [1.82, 2.24) is 13.7 Å². The van der Waals surface area contributed by atoms with Gasteiger partial charge in [-0.2, -0.15) is 0 Å². The molecule has 0 atom stereocenters. The first kappa shape index (κ1) is 35.6. The van der Waals surface area contributed by atoms with Gasteiger partial charge >= 0.3 is 0 Å². The molecular weight excluding hydrogens is 717 g/mol. The number of fused-ring (bicyclic) bond motifs is 6. The summed E-state index contributed by atoms with van der Waals surface area (Å²) in [4.78, 5) is 2.39. The number of nitrogens with zero attached hydrogens (tertiary/aromatic N) is 4. The van der Waals surface area contributed by atoms with Gasteiger partial charge in [0.15, 0.2) is 0 Å². The molecule has 0 radical (unpaired) electrons. The van der Waals surface area contributed by atoms with Crippen LogP contribution in [-0.4, -0.2) is 13.7 Å². The molecule has 0 unspecified atom stereocenters. The van der Waals surface area contributed by atoms with Crippen molar-refractivity contribution in [3.63, 3.8) is 0 Å². The summed E-state index contributed by atoms with van der Waals surface area (Å²) >= 11 is 0. The number of aromatic nitrogens is 3. The van der Waals surface area contributed by atoms with Gasteiger partial charge in [-0.1, -0.05) is 121 Å². The van der Waals surface area contributed by atoms with Crippen LogP contribution in [-0.2, 0) is 0 Å². The third-order valence-corrected chi connectivity index (χ3v) is 11.0. The maximum atomic E-state index is 3.36. The summed E-state index contributed by atoms with van der Waals surface area (Å²) in [5.41, 5.74) is 13.7. The van der Waals surface area contributed by atoms with Crippen LogP contribution in [0.2, 0.25) is 0 Å². The molecule has 4 heteroatoms. The van der Waals surface area contributed by atoms with Gasteiger partial charge in [-0.3, -0.25) is 9.13 Å². The van der Waals surface area contributed by atoms with Crippen molar-refractivity contribution in [2.45, 2.75) is 6.92 Å². The Kier molecular flexibility index (Phi) is 9.20. The Balaban J connectivity index is 0.00000136. The standard InChI is InChI=1S/C52H36N4.C3H6/c1-6-17-40(18-7-1)53-34-33-39-35-37(29-31-47(39)53)38-30-32-48-46(36-38)50-45-27-16-28-49(54(41-19-8-2-9-20-41)42-21-10-3-11-22-42)51(45)56(44-25-14-5-15-26-44)52(50)55(48)43-23-12-4-13-24-43;1-3-2/h1-36H;3H,1H2,2H3. The third-order valence-electron chi connectivity index (χ3n) is 11.0. The van der Waals surface area contributed by atoms with Crippen LogP contribution in [0.3, 0.4) is 0 Å². The normalized spacial score (nSPS) is 11.2. The van der Waals surface area contributed by atoms with Gasteiger partial charge in [0.1, 0.15) is 5.65 Å². The highest BCUT2D eigenvalue weighted by Gasteiger charge is 2.26. The first-order chi connectivity index (χ1) is 29.2. The van der Waals surface area contributed by atoms with Gasteiger partial charge in [0.2, 0.25) is 0 Å². The van der Waals surface area contributed by atoms with Crippen molar-refractivity contribution in [3.8, 4) is 28.2 Å². The molecule has 11 aromatic rings. The second-order valence-corrected chi connectivity index (χ2v) is 14.7. The molecule has 0 N–H and O–H groups in total. The number of allylic oxidation sites excluding steroid dienone is 1. The van der Waals surface area contributed by atoms with E-state index in [4.69, 9.17) is 0 Å². The van der Waals surface area contributed by atoms with Crippen LogP contribution in [0.1, 0.15) is 6.92 Å². The second kappa shape index (κ2) is 15.3. The van der Waals surface area contributed by atoms with Crippen molar-refractivity contribution >= 4 is 60.8 Å². The Labute approximate surface area is 344 Å². The van der Waals surface area contributed by atoms with Crippen molar-refractivity contribution in [3.05, 3.63) is 231 Å². The van der Waals surface area contributed by atoms with E-state index in [2.05, 4.69) is 244 Å². The Morgan fingerprint density at radius 2 is 0.966 bits per heavy atom. The zero-order valence-electron chi connectivity index (χ0n) is 32.9. The Hall–Kier alpha value is -7.82. The summed E-state index contributed by atoms with van der Waals surface area (Å²) in [5, 5.41) is 4.85. The maximum Gasteiger partial charge on any atom is 0.131 e. The monoisotopic (exact) mass is 758 g/mol. The Bertz CT molecular complexity index is 3170. The van der Waals surface area contributed by atoms with Gasteiger partial charge in [-0.15, -0.1) is 6.58 Å². The van der Waals surface area contributed by atoms with E-state index in [1.807, 2.05) is 6.92 Å². The molecule has 0 saturated heterocycles. The predicted octanol–water partition coefficient (Wildman–Crippen LogP) is 15.0. The molecular formula is C55H42N4. The minimum absolute atomic E-state index is 1.10. The number of hydrogen-bond acceptors (Lipinski definition) is 1. The highest BCUT2D eigenvalue weighted by atomic mass is 15.2. The number of anilines is 3. The van der Waals surface area contributed by atoms with Crippen LogP contribution in [0.5, 0.6) is 0 Å². The molecule has 59 heavy (non-hydrogen) atoms. The summed E-state index contributed by atoms with van der Waals surface area (Å²) in [5.74, 6) is 0. The second-order valence-electron chi connectivity index (χ2n) is 14.7. The molecule has 0 fully saturated rings. The van der Waals surface area contributed by atoms with Gasteiger partial charge in [-0.05, 0) is 115 Å². The van der Waals surface area contributed by atoms with Crippen LogP contribution in [0.25, 0.3) is 71.9 Å². The zero-order valence-corrected chi connectivity index (χ0v) is 32.9. The molecule has 0 aliphatic heterocycles. The number of rotatable bonds is 7. The lowest BCUT2D eigenvalue weighted by molar-refractivity contribution is 1.06. The van der Waals surface area contributed by atoms with Gasteiger partial charge in [-0.25, -0.2) is 0 Å². The lowest BCUT2D eigenvalue weighted by Crippen LogP contribution is -2.12. The zero-order chi connectivity index (χ0) is 39.7. The first-order valence-corrected chi connectivity index (χ1v) is 20.1. The molecule has 11 rings (SSSR count). The first-order valence-electron chi connectivity index (χ1n) is 20.1. The lowest BCUT2D eigenvalue weighted by Gasteiger charge is -2.27. The van der Waals surface area contributed by atoms with Crippen molar-refractivity contribution in [1.29, 1.82) is 0 Å². The van der Waals surface area contributed by atoms with Crippen molar-refractivity contribution in [2.75, 3.05) is 4.90 Å². The molecule has 8 aromatic carbocycles. The van der Waals surface area contributed by atoms with Gasteiger partial charge in [0.25, 0.3) is 0 Å². The summed E-state index contributed by atoms with van der Waals surface area (Å²) in [6.45, 7) is 5.25. The smallest absolute Gasteiger partial charge is 0.131 e. The average molecular weight is 759 g/mol. The van der Waals surface area contributed by atoms with Gasteiger partial charge in [0, 0.05) is 56.2 Å². The fourth-order valence-electron chi connectivity index (χ4n) is 8.57. The quantitative estimate of drug-likeness (QED) is 0.148. The molecule has 0 aliphatic rings. The van der Waals surface area contributed by atoms with Crippen molar-refractivity contribution < 1.29 is 0 Å². The van der Waals surface area contributed by atoms with E-state index in [9.17, 15) is 0 Å². The highest BCUT2D eigenvalue weighted by Crippen LogP contribution is 2.47. The third kappa shape index (κ3) is 6.19. The van der Waals surface area contributed by atoms with E-state index in [0.717, 1.165) is 45.3 Å². The average Bonchev–Trinajstić information content (AvgIpc) is 3.98. The molecule has 282 valence electrons. The summed E-state index contributed by atoms with van der Waals surface area (Å²) < 4.78 is 7.18. The molecule has 3 aromatic heterocycles. The van der Waals surface area contributed by atoms with Gasteiger partial charge < -0.3 is 9.47 Å². The van der Waals surface area contributed by atoms with Crippen LogP contribution >= 0.6 is 0 Å². The van der Waals surface area contributed by atoms with Crippen molar-refractivity contribution in [2.24, 2.45) is 0 Å². The van der Waals surface area contributed by atoms with E-state index in [1.165, 1.54) is 43.7 Å². The Morgan fingerprint density at radius 1 is 0.458 bits per heavy atom. The summed E-state index contributed by atoms with van der Waals surface area (Å²) in [6, 6.07) is 76.4. The van der Waals surface area contributed by atoms with E-state index in [1.54, 1.807) is 6.08 Å². The minimum Gasteiger partial charge on any atom is -0.317 e. The minimum atomic E-state index is 1.10. The molecule has 3 heterocycles. The molecule has 4 nitrogen and oxygen atoms in total. The van der Waals surface area contributed by atoms with Crippen LogP contribution in [0, 0.1) is 0 Å². The summed E-state index contributed by atoms with van der Waals surface area (Å²) in [6.07, 6.45) is 3.92.